The third-order valence-corrected chi connectivity index (χ3v) is 4.22. The van der Waals surface area contributed by atoms with Gasteiger partial charge in [0.05, 0.1) is 30.4 Å². The normalized spacial score (nSPS) is 10.7. The number of methoxy groups -OCH3 is 2. The van der Waals surface area contributed by atoms with Gasteiger partial charge in [-0.15, -0.1) is 11.3 Å². The van der Waals surface area contributed by atoms with Crippen LogP contribution in [0.1, 0.15) is 30.3 Å². The molecule has 0 radical (unpaired) electrons. The Morgan fingerprint density at radius 1 is 1.29 bits per heavy atom. The van der Waals surface area contributed by atoms with Crippen LogP contribution in [-0.4, -0.2) is 25.0 Å². The van der Waals surface area contributed by atoms with E-state index in [4.69, 9.17) is 20.6 Å². The van der Waals surface area contributed by atoms with Crippen LogP contribution in [-0.2, 0) is 0 Å². The van der Waals surface area contributed by atoms with Crippen molar-refractivity contribution >= 4 is 17.2 Å². The summed E-state index contributed by atoms with van der Waals surface area (Å²) >= 11 is 1.40. The summed E-state index contributed by atoms with van der Waals surface area (Å²) in [6.07, 6.45) is 0. The standard InChI is InChI=1S/C15H19N3O2S/c1-8(2)12-13(14(16)17)21-15(18-12)10-7-9(19-3)5-6-11(10)20-4/h5-8H,1-4H3,(H3,16,17). The Labute approximate surface area is 128 Å². The molecule has 0 unspecified atom stereocenters. The van der Waals surface area contributed by atoms with Crippen molar-refractivity contribution in [1.82, 2.24) is 4.98 Å². The van der Waals surface area contributed by atoms with E-state index < -0.39 is 0 Å². The van der Waals surface area contributed by atoms with Gasteiger partial charge < -0.3 is 15.2 Å². The third-order valence-electron chi connectivity index (χ3n) is 3.08. The Bertz CT molecular complexity index is 665. The number of hydrogen-bond acceptors (Lipinski definition) is 5. The Balaban J connectivity index is 2.61. The maximum Gasteiger partial charge on any atom is 0.135 e. The lowest BCUT2D eigenvalue weighted by Gasteiger charge is -2.08. The van der Waals surface area contributed by atoms with E-state index in [1.807, 2.05) is 32.0 Å². The highest BCUT2D eigenvalue weighted by molar-refractivity contribution is 7.17. The Morgan fingerprint density at radius 2 is 2.00 bits per heavy atom. The fourth-order valence-electron chi connectivity index (χ4n) is 2.01. The quantitative estimate of drug-likeness (QED) is 0.656. The van der Waals surface area contributed by atoms with Crippen LogP contribution < -0.4 is 15.2 Å². The summed E-state index contributed by atoms with van der Waals surface area (Å²) in [4.78, 5) is 5.36. The number of benzene rings is 1. The lowest BCUT2D eigenvalue weighted by atomic mass is 10.1. The van der Waals surface area contributed by atoms with Crippen molar-refractivity contribution in [3.63, 3.8) is 0 Å². The predicted octanol–water partition coefficient (Wildman–Crippen LogP) is 3.23. The molecule has 0 atom stereocenters. The lowest BCUT2D eigenvalue weighted by Crippen LogP contribution is -2.12. The molecule has 5 nitrogen and oxygen atoms in total. The minimum atomic E-state index is 0.0457. The molecular formula is C15H19N3O2S. The number of nitrogens with zero attached hydrogens (tertiary/aromatic N) is 1. The summed E-state index contributed by atoms with van der Waals surface area (Å²) in [7, 11) is 3.24. The summed E-state index contributed by atoms with van der Waals surface area (Å²) in [5.41, 5.74) is 7.35. The van der Waals surface area contributed by atoms with E-state index in [9.17, 15) is 0 Å². The zero-order chi connectivity index (χ0) is 15.6. The molecule has 0 bridgehead atoms. The van der Waals surface area contributed by atoms with Crippen molar-refractivity contribution in [3.8, 4) is 22.1 Å². The van der Waals surface area contributed by atoms with Crippen LogP contribution in [0.15, 0.2) is 18.2 Å². The van der Waals surface area contributed by atoms with Gasteiger partial charge in [-0.3, -0.25) is 5.41 Å². The van der Waals surface area contributed by atoms with Crippen molar-refractivity contribution < 1.29 is 9.47 Å². The largest absolute Gasteiger partial charge is 0.497 e. The van der Waals surface area contributed by atoms with E-state index in [-0.39, 0.29) is 11.8 Å². The average molecular weight is 305 g/mol. The van der Waals surface area contributed by atoms with Crippen LogP contribution in [0, 0.1) is 5.41 Å². The van der Waals surface area contributed by atoms with E-state index in [0.717, 1.165) is 27.8 Å². The number of nitrogen functional groups attached to an aromatic ring is 1. The molecule has 2 aromatic rings. The predicted molar refractivity (Wildman–Crippen MR) is 85.8 cm³/mol. The summed E-state index contributed by atoms with van der Waals surface area (Å²) in [5, 5.41) is 8.49. The van der Waals surface area contributed by atoms with E-state index in [1.165, 1.54) is 11.3 Å². The van der Waals surface area contributed by atoms with Crippen LogP contribution in [0.4, 0.5) is 0 Å². The molecule has 0 saturated heterocycles. The van der Waals surface area contributed by atoms with E-state index in [1.54, 1.807) is 14.2 Å². The number of nitrogens with one attached hydrogen (secondary N) is 1. The highest BCUT2D eigenvalue weighted by Crippen LogP contribution is 2.38. The van der Waals surface area contributed by atoms with Gasteiger partial charge in [0.25, 0.3) is 0 Å². The lowest BCUT2D eigenvalue weighted by molar-refractivity contribution is 0.404. The molecule has 0 aliphatic rings. The van der Waals surface area contributed by atoms with Crippen molar-refractivity contribution in [2.75, 3.05) is 14.2 Å². The number of ether oxygens (including phenoxy) is 2. The first kappa shape index (κ1) is 15.3. The second-order valence-electron chi connectivity index (χ2n) is 4.87. The van der Waals surface area contributed by atoms with Crippen molar-refractivity contribution in [3.05, 3.63) is 28.8 Å². The van der Waals surface area contributed by atoms with Crippen molar-refractivity contribution in [2.45, 2.75) is 19.8 Å². The van der Waals surface area contributed by atoms with Crippen molar-refractivity contribution in [1.29, 1.82) is 5.41 Å². The van der Waals surface area contributed by atoms with Gasteiger partial charge in [0.2, 0.25) is 0 Å². The van der Waals surface area contributed by atoms with Crippen LogP contribution in [0.3, 0.4) is 0 Å². The second kappa shape index (κ2) is 6.13. The Morgan fingerprint density at radius 3 is 2.48 bits per heavy atom. The number of thiazole rings is 1. The van der Waals surface area contributed by atoms with Gasteiger partial charge in [0.1, 0.15) is 22.3 Å². The smallest absolute Gasteiger partial charge is 0.135 e. The fraction of sp³-hybridized carbons (Fsp3) is 0.333. The zero-order valence-electron chi connectivity index (χ0n) is 12.6. The van der Waals surface area contributed by atoms with Crippen molar-refractivity contribution in [2.24, 2.45) is 5.73 Å². The summed E-state index contributed by atoms with van der Waals surface area (Å²) in [5.74, 6) is 1.70. The van der Waals surface area contributed by atoms with Crippen LogP contribution in [0.25, 0.3) is 10.6 Å². The highest BCUT2D eigenvalue weighted by atomic mass is 32.1. The van der Waals surface area contributed by atoms with E-state index in [0.29, 0.717) is 4.88 Å². The van der Waals surface area contributed by atoms with Gasteiger partial charge in [0, 0.05) is 0 Å². The number of rotatable bonds is 5. The molecule has 0 aliphatic heterocycles. The van der Waals surface area contributed by atoms with E-state index in [2.05, 4.69) is 4.98 Å². The fourth-order valence-corrected chi connectivity index (χ4v) is 3.12. The molecule has 1 heterocycles. The highest BCUT2D eigenvalue weighted by Gasteiger charge is 2.19. The second-order valence-corrected chi connectivity index (χ2v) is 5.87. The number of hydrogen-bond donors (Lipinski definition) is 2. The first-order valence-corrected chi connectivity index (χ1v) is 7.37. The molecule has 1 aromatic heterocycles. The molecule has 3 N–H and O–H groups in total. The number of aromatic nitrogens is 1. The molecule has 0 amide bonds. The van der Waals surface area contributed by atoms with Crippen LogP contribution in [0.2, 0.25) is 0 Å². The monoisotopic (exact) mass is 305 g/mol. The van der Waals surface area contributed by atoms with Gasteiger partial charge >= 0.3 is 0 Å². The third kappa shape index (κ3) is 3.00. The molecule has 0 fully saturated rings. The molecular weight excluding hydrogens is 286 g/mol. The number of nitrogens with two attached hydrogens (primary N) is 1. The van der Waals surface area contributed by atoms with Gasteiger partial charge in [-0.2, -0.15) is 0 Å². The Kier molecular flexibility index (Phi) is 4.47. The molecule has 112 valence electrons. The molecule has 1 aromatic carbocycles. The molecule has 0 saturated carbocycles. The average Bonchev–Trinajstić information content (AvgIpc) is 2.92. The summed E-state index contributed by atoms with van der Waals surface area (Å²) < 4.78 is 10.7. The van der Waals surface area contributed by atoms with Crippen LogP contribution in [0.5, 0.6) is 11.5 Å². The summed E-state index contributed by atoms with van der Waals surface area (Å²) in [6.45, 7) is 4.07. The minimum absolute atomic E-state index is 0.0457. The SMILES string of the molecule is COc1ccc(OC)c(-c2nc(C(C)C)c(C(=N)N)s2)c1. The minimum Gasteiger partial charge on any atom is -0.497 e. The van der Waals surface area contributed by atoms with Gasteiger partial charge in [-0.05, 0) is 24.1 Å². The topological polar surface area (TPSA) is 81.2 Å². The first-order chi connectivity index (χ1) is 9.97. The van der Waals surface area contributed by atoms with Gasteiger partial charge in [-0.25, -0.2) is 4.98 Å². The Hall–Kier alpha value is -2.08. The van der Waals surface area contributed by atoms with Crippen LogP contribution >= 0.6 is 11.3 Å². The molecule has 2 rings (SSSR count). The zero-order valence-corrected chi connectivity index (χ0v) is 13.4. The first-order valence-electron chi connectivity index (χ1n) is 6.55. The summed E-state index contributed by atoms with van der Waals surface area (Å²) in [6, 6.07) is 5.56. The maximum atomic E-state index is 7.71. The van der Waals surface area contributed by atoms with E-state index >= 15 is 0 Å². The molecule has 6 heteroatoms. The van der Waals surface area contributed by atoms with Gasteiger partial charge in [0.15, 0.2) is 0 Å². The van der Waals surface area contributed by atoms with Gasteiger partial charge in [-0.1, -0.05) is 13.8 Å². The maximum absolute atomic E-state index is 7.71. The molecule has 0 spiro atoms. The number of amidine groups is 1. The molecule has 21 heavy (non-hydrogen) atoms. The molecule has 0 aliphatic carbocycles.